The number of hydrogen-bond acceptors (Lipinski definition) is 8. The summed E-state index contributed by atoms with van der Waals surface area (Å²) in [7, 11) is -4.37. The van der Waals surface area contributed by atoms with Crippen LogP contribution in [-0.4, -0.2) is 49.3 Å². The van der Waals surface area contributed by atoms with Gasteiger partial charge in [-0.2, -0.15) is 0 Å². The van der Waals surface area contributed by atoms with Gasteiger partial charge < -0.3 is 20.1 Å². The molecule has 0 aliphatic heterocycles. The summed E-state index contributed by atoms with van der Waals surface area (Å²) in [6.45, 7) is 3.70. The highest BCUT2D eigenvalue weighted by atomic mass is 31.2. The van der Waals surface area contributed by atoms with Gasteiger partial charge in [-0.1, -0.05) is 142 Å². The smallest absolute Gasteiger partial charge is 0.462 e. The van der Waals surface area contributed by atoms with E-state index < -0.39 is 26.5 Å². The Bertz CT molecular complexity index is 794. The highest BCUT2D eigenvalue weighted by Gasteiger charge is 2.25. The molecule has 0 radical (unpaired) electrons. The number of phosphoric ester groups is 1. The third-order valence-electron chi connectivity index (χ3n) is 8.15. The van der Waals surface area contributed by atoms with Crippen LogP contribution in [0.3, 0.4) is 0 Å². The highest BCUT2D eigenvalue weighted by molar-refractivity contribution is 7.47. The minimum atomic E-state index is -4.37. The second-order valence-electron chi connectivity index (χ2n) is 12.8. The monoisotopic (exact) mass is 689 g/mol. The molecular formula is C37H72NO8P. The van der Waals surface area contributed by atoms with Gasteiger partial charge in [0.05, 0.1) is 13.2 Å². The van der Waals surface area contributed by atoms with E-state index in [1.54, 1.807) is 0 Å². The van der Waals surface area contributed by atoms with Crippen molar-refractivity contribution in [2.24, 2.45) is 5.73 Å². The fraction of sp³-hybridized carbons (Fsp3) is 0.892. The molecule has 0 heterocycles. The lowest BCUT2D eigenvalue weighted by Crippen LogP contribution is -2.29. The van der Waals surface area contributed by atoms with Crippen molar-refractivity contribution >= 4 is 19.8 Å². The number of nitrogens with two attached hydrogens (primary N) is 1. The summed E-state index contributed by atoms with van der Waals surface area (Å²) in [4.78, 5) is 34.7. The van der Waals surface area contributed by atoms with Crippen molar-refractivity contribution in [3.63, 3.8) is 0 Å². The summed E-state index contributed by atoms with van der Waals surface area (Å²) in [6.07, 6.45) is 32.4. The SMILES string of the molecule is CCCCC/C=C\CCCCCCCC(=O)OC(COC(=O)CCCCCCCCCCCCCCCC)COP(=O)(O)OCCN. The third kappa shape index (κ3) is 34.4. The maximum atomic E-state index is 12.5. The Labute approximate surface area is 288 Å². The number of allylic oxidation sites excluding steroid dienone is 2. The van der Waals surface area contributed by atoms with Crippen LogP contribution in [0.2, 0.25) is 0 Å². The molecule has 0 aromatic rings. The van der Waals surface area contributed by atoms with E-state index in [-0.39, 0.29) is 38.6 Å². The topological polar surface area (TPSA) is 134 Å². The van der Waals surface area contributed by atoms with Crippen molar-refractivity contribution in [3.05, 3.63) is 12.2 Å². The molecule has 0 aliphatic carbocycles. The van der Waals surface area contributed by atoms with Crippen LogP contribution in [0.15, 0.2) is 12.2 Å². The minimum absolute atomic E-state index is 0.0545. The fourth-order valence-electron chi connectivity index (χ4n) is 5.28. The molecule has 9 nitrogen and oxygen atoms in total. The number of hydrogen-bond donors (Lipinski definition) is 2. The summed E-state index contributed by atoms with van der Waals surface area (Å²) in [5.74, 6) is -0.834. The van der Waals surface area contributed by atoms with Crippen molar-refractivity contribution in [1.82, 2.24) is 0 Å². The Morgan fingerprint density at radius 1 is 0.617 bits per heavy atom. The average molecular weight is 690 g/mol. The van der Waals surface area contributed by atoms with Crippen LogP contribution in [-0.2, 0) is 32.7 Å². The third-order valence-corrected chi connectivity index (χ3v) is 9.14. The van der Waals surface area contributed by atoms with Crippen LogP contribution in [0.4, 0.5) is 0 Å². The summed E-state index contributed by atoms with van der Waals surface area (Å²) in [6, 6.07) is 0. The van der Waals surface area contributed by atoms with Gasteiger partial charge in [0, 0.05) is 19.4 Å². The van der Waals surface area contributed by atoms with Gasteiger partial charge in [0.15, 0.2) is 6.10 Å². The zero-order valence-corrected chi connectivity index (χ0v) is 31.2. The largest absolute Gasteiger partial charge is 0.472 e. The lowest BCUT2D eigenvalue weighted by molar-refractivity contribution is -0.161. The maximum Gasteiger partial charge on any atom is 0.472 e. The van der Waals surface area contributed by atoms with Gasteiger partial charge >= 0.3 is 19.8 Å². The van der Waals surface area contributed by atoms with E-state index in [0.29, 0.717) is 6.42 Å². The molecule has 0 rings (SSSR count). The van der Waals surface area contributed by atoms with Crippen LogP contribution in [0.1, 0.15) is 181 Å². The number of rotatable bonds is 36. The molecule has 2 atom stereocenters. The molecule has 0 saturated carbocycles. The number of esters is 2. The van der Waals surface area contributed by atoms with Crippen LogP contribution >= 0.6 is 7.82 Å². The molecule has 0 amide bonds. The van der Waals surface area contributed by atoms with Crippen molar-refractivity contribution in [1.29, 1.82) is 0 Å². The number of carbonyl (C=O) groups excluding carboxylic acids is 2. The van der Waals surface area contributed by atoms with Gasteiger partial charge in [0.1, 0.15) is 6.61 Å². The fourth-order valence-corrected chi connectivity index (χ4v) is 6.04. The summed E-state index contributed by atoms with van der Waals surface area (Å²) >= 11 is 0. The average Bonchev–Trinajstić information content (AvgIpc) is 3.05. The van der Waals surface area contributed by atoms with E-state index in [1.807, 2.05) is 0 Å². The molecule has 278 valence electrons. The number of carbonyl (C=O) groups is 2. The predicted octanol–water partition coefficient (Wildman–Crippen LogP) is 10.3. The summed E-state index contributed by atoms with van der Waals surface area (Å²) in [5.41, 5.74) is 5.33. The Kier molecular flexibility index (Phi) is 33.7. The lowest BCUT2D eigenvalue weighted by atomic mass is 10.0. The van der Waals surface area contributed by atoms with Gasteiger partial charge in [0.2, 0.25) is 0 Å². The summed E-state index contributed by atoms with van der Waals surface area (Å²) < 4.78 is 32.6. The van der Waals surface area contributed by atoms with Gasteiger partial charge in [-0.15, -0.1) is 0 Å². The number of phosphoric acid groups is 1. The van der Waals surface area contributed by atoms with E-state index in [0.717, 1.165) is 57.8 Å². The van der Waals surface area contributed by atoms with Crippen molar-refractivity contribution < 1.29 is 37.6 Å². The first-order chi connectivity index (χ1) is 22.8. The van der Waals surface area contributed by atoms with Crippen molar-refractivity contribution in [3.8, 4) is 0 Å². The normalized spacial score (nSPS) is 13.5. The molecule has 10 heteroatoms. The van der Waals surface area contributed by atoms with E-state index >= 15 is 0 Å². The number of ether oxygens (including phenoxy) is 2. The van der Waals surface area contributed by atoms with Gasteiger partial charge in [-0.25, -0.2) is 4.57 Å². The van der Waals surface area contributed by atoms with Crippen LogP contribution in [0, 0.1) is 0 Å². The standard InChI is InChI=1S/C37H72NO8P/c1-3-5-7-9-11-13-15-17-18-20-21-23-25-27-29-36(39)43-33-35(34-45-47(41,42)44-32-31-38)46-37(40)30-28-26-24-22-19-16-14-12-10-8-6-4-2/h12,14,35H,3-11,13,15-34,38H2,1-2H3,(H,41,42)/b14-12-. The van der Waals surface area contributed by atoms with Crippen molar-refractivity contribution in [2.45, 2.75) is 187 Å². The van der Waals surface area contributed by atoms with E-state index in [4.69, 9.17) is 24.3 Å². The second-order valence-corrected chi connectivity index (χ2v) is 14.3. The molecule has 3 N–H and O–H groups in total. The lowest BCUT2D eigenvalue weighted by Gasteiger charge is -2.19. The zero-order valence-electron chi connectivity index (χ0n) is 30.3. The number of unbranched alkanes of at least 4 members (excludes halogenated alkanes) is 21. The second kappa shape index (κ2) is 34.6. The molecule has 0 fully saturated rings. The molecule has 0 aromatic carbocycles. The molecule has 0 aliphatic rings. The van der Waals surface area contributed by atoms with Crippen LogP contribution < -0.4 is 5.73 Å². The highest BCUT2D eigenvalue weighted by Crippen LogP contribution is 2.43. The first kappa shape index (κ1) is 45.8. The maximum absolute atomic E-state index is 12.5. The van der Waals surface area contributed by atoms with Crippen LogP contribution in [0.5, 0.6) is 0 Å². The van der Waals surface area contributed by atoms with E-state index in [2.05, 4.69) is 26.0 Å². The Morgan fingerprint density at radius 2 is 1.04 bits per heavy atom. The molecule has 0 spiro atoms. The molecule has 0 saturated heterocycles. The molecular weight excluding hydrogens is 617 g/mol. The Hall–Kier alpha value is -1.25. The Balaban J connectivity index is 4.20. The first-order valence-electron chi connectivity index (χ1n) is 19.2. The molecule has 0 bridgehead atoms. The summed E-state index contributed by atoms with van der Waals surface area (Å²) in [5, 5.41) is 0. The molecule has 0 aromatic heterocycles. The molecule has 2 unspecified atom stereocenters. The van der Waals surface area contributed by atoms with E-state index in [1.165, 1.54) is 89.9 Å². The van der Waals surface area contributed by atoms with Gasteiger partial charge in [-0.3, -0.25) is 18.6 Å². The predicted molar refractivity (Wildman–Crippen MR) is 192 cm³/mol. The Morgan fingerprint density at radius 3 is 1.55 bits per heavy atom. The minimum Gasteiger partial charge on any atom is -0.462 e. The quantitative estimate of drug-likeness (QED) is 0.0285. The van der Waals surface area contributed by atoms with Gasteiger partial charge in [0.25, 0.3) is 0 Å². The first-order valence-corrected chi connectivity index (χ1v) is 20.7. The van der Waals surface area contributed by atoms with Crippen LogP contribution in [0.25, 0.3) is 0 Å². The van der Waals surface area contributed by atoms with E-state index in [9.17, 15) is 19.0 Å². The van der Waals surface area contributed by atoms with Crippen molar-refractivity contribution in [2.75, 3.05) is 26.4 Å². The zero-order chi connectivity index (χ0) is 34.7. The molecule has 47 heavy (non-hydrogen) atoms. The van der Waals surface area contributed by atoms with Gasteiger partial charge in [-0.05, 0) is 38.5 Å².